The molecule has 0 saturated heterocycles. The lowest BCUT2D eigenvalue weighted by Crippen LogP contribution is -2.29. The summed E-state index contributed by atoms with van der Waals surface area (Å²) < 4.78 is 10.6. The van der Waals surface area contributed by atoms with Gasteiger partial charge in [-0.25, -0.2) is 10.8 Å². The van der Waals surface area contributed by atoms with Crippen molar-refractivity contribution in [2.45, 2.75) is 5.22 Å². The highest BCUT2D eigenvalue weighted by molar-refractivity contribution is 7.99. The Morgan fingerprint density at radius 2 is 2.42 bits per heavy atom. The summed E-state index contributed by atoms with van der Waals surface area (Å²) in [6.45, 7) is 0.487. The predicted octanol–water partition coefficient (Wildman–Crippen LogP) is 1.45. The van der Waals surface area contributed by atoms with E-state index in [-0.39, 0.29) is 5.91 Å². The van der Waals surface area contributed by atoms with Gasteiger partial charge in [-0.2, -0.15) is 0 Å². The fraction of sp³-hybridized carbons (Fsp3) is 0.167. The van der Waals surface area contributed by atoms with Crippen molar-refractivity contribution in [3.05, 3.63) is 42.3 Å². The van der Waals surface area contributed by atoms with Crippen molar-refractivity contribution >= 4 is 17.7 Å². The summed E-state index contributed by atoms with van der Waals surface area (Å²) in [7, 11) is 0. The number of ether oxygens (including phenoxy) is 1. The molecule has 1 amide bonds. The Hall–Kier alpha value is -1.99. The van der Waals surface area contributed by atoms with Gasteiger partial charge in [0.25, 0.3) is 11.1 Å². The summed E-state index contributed by atoms with van der Waals surface area (Å²) in [6.07, 6.45) is 3.12. The number of thioether (sulfide) groups is 1. The fourth-order valence-corrected chi connectivity index (χ4v) is 1.98. The maximum absolute atomic E-state index is 11.3. The quantitative estimate of drug-likeness (QED) is 0.273. The minimum absolute atomic E-state index is 0.348. The standard InChI is InChI=1S/C12H13N3O3S/c13-15-11(16)9-2-1-3-10(8-9)17-6-7-19-12-14-4-5-18-12/h1-5,8H,6-7,13H2,(H,15,16). The number of carbonyl (C=O) groups excluding carboxylic acids is 1. The Kier molecular flexibility index (Phi) is 4.82. The number of hydrogen-bond donors (Lipinski definition) is 2. The van der Waals surface area contributed by atoms with Crippen LogP contribution in [0, 0.1) is 0 Å². The molecule has 0 bridgehead atoms. The molecule has 0 spiro atoms. The number of aromatic nitrogens is 1. The fourth-order valence-electron chi connectivity index (χ4n) is 1.38. The third-order valence-electron chi connectivity index (χ3n) is 2.21. The minimum atomic E-state index is -0.348. The smallest absolute Gasteiger partial charge is 0.265 e. The van der Waals surface area contributed by atoms with Crippen LogP contribution in [0.2, 0.25) is 0 Å². The van der Waals surface area contributed by atoms with Crippen molar-refractivity contribution in [3.8, 4) is 5.75 Å². The zero-order valence-corrected chi connectivity index (χ0v) is 10.9. The first-order valence-electron chi connectivity index (χ1n) is 5.55. The van der Waals surface area contributed by atoms with Gasteiger partial charge in [0.1, 0.15) is 12.0 Å². The van der Waals surface area contributed by atoms with Gasteiger partial charge in [-0.05, 0) is 18.2 Å². The average Bonchev–Trinajstić information content (AvgIpc) is 2.96. The number of nitrogen functional groups attached to an aromatic ring is 1. The van der Waals surface area contributed by atoms with Crippen molar-refractivity contribution in [2.75, 3.05) is 12.4 Å². The first-order valence-corrected chi connectivity index (χ1v) is 6.54. The number of amides is 1. The molecule has 0 aliphatic carbocycles. The van der Waals surface area contributed by atoms with E-state index in [0.29, 0.717) is 28.9 Å². The molecular weight excluding hydrogens is 266 g/mol. The lowest BCUT2D eigenvalue weighted by molar-refractivity contribution is 0.0953. The highest BCUT2D eigenvalue weighted by Crippen LogP contribution is 2.16. The molecule has 0 fully saturated rings. The summed E-state index contributed by atoms with van der Waals surface area (Å²) in [4.78, 5) is 15.3. The van der Waals surface area contributed by atoms with E-state index in [9.17, 15) is 4.79 Å². The Balaban J connectivity index is 1.81. The third kappa shape index (κ3) is 4.01. The van der Waals surface area contributed by atoms with Gasteiger partial charge in [-0.1, -0.05) is 17.8 Å². The first-order chi connectivity index (χ1) is 9.29. The molecule has 2 aromatic rings. The van der Waals surface area contributed by atoms with Crippen LogP contribution in [0.5, 0.6) is 5.75 Å². The molecule has 2 rings (SSSR count). The van der Waals surface area contributed by atoms with Gasteiger partial charge in [-0.15, -0.1) is 0 Å². The van der Waals surface area contributed by atoms with Gasteiger partial charge in [0, 0.05) is 11.3 Å². The molecule has 19 heavy (non-hydrogen) atoms. The van der Waals surface area contributed by atoms with E-state index >= 15 is 0 Å². The highest BCUT2D eigenvalue weighted by atomic mass is 32.2. The van der Waals surface area contributed by atoms with Crippen molar-refractivity contribution < 1.29 is 13.9 Å². The van der Waals surface area contributed by atoms with Gasteiger partial charge >= 0.3 is 0 Å². The van der Waals surface area contributed by atoms with E-state index in [1.807, 2.05) is 0 Å². The Morgan fingerprint density at radius 1 is 1.53 bits per heavy atom. The van der Waals surface area contributed by atoms with Crippen molar-refractivity contribution in [1.82, 2.24) is 10.4 Å². The molecular formula is C12H13N3O3S. The van der Waals surface area contributed by atoms with Crippen LogP contribution in [0.4, 0.5) is 0 Å². The van der Waals surface area contributed by atoms with E-state index in [1.54, 1.807) is 30.5 Å². The number of benzene rings is 1. The molecule has 1 aromatic carbocycles. The molecule has 0 radical (unpaired) electrons. The van der Waals surface area contributed by atoms with Crippen molar-refractivity contribution in [3.63, 3.8) is 0 Å². The summed E-state index contributed by atoms with van der Waals surface area (Å²) in [5.41, 5.74) is 2.53. The summed E-state index contributed by atoms with van der Waals surface area (Å²) in [5, 5.41) is 0.611. The van der Waals surface area contributed by atoms with Crippen LogP contribution in [0.3, 0.4) is 0 Å². The SMILES string of the molecule is NNC(=O)c1cccc(OCCSc2ncco2)c1. The summed E-state index contributed by atoms with van der Waals surface area (Å²) >= 11 is 1.46. The molecule has 0 saturated carbocycles. The highest BCUT2D eigenvalue weighted by Gasteiger charge is 2.04. The Labute approximate surface area is 114 Å². The number of oxazole rings is 1. The normalized spacial score (nSPS) is 10.2. The van der Waals surface area contributed by atoms with Gasteiger partial charge in [0.2, 0.25) is 0 Å². The lowest BCUT2D eigenvalue weighted by Gasteiger charge is -2.06. The van der Waals surface area contributed by atoms with Crippen LogP contribution in [-0.4, -0.2) is 23.3 Å². The Morgan fingerprint density at radius 3 is 3.16 bits per heavy atom. The van der Waals surface area contributed by atoms with Gasteiger partial charge < -0.3 is 9.15 Å². The largest absolute Gasteiger partial charge is 0.493 e. The van der Waals surface area contributed by atoms with Crippen molar-refractivity contribution in [2.24, 2.45) is 5.84 Å². The second-order valence-electron chi connectivity index (χ2n) is 3.50. The summed E-state index contributed by atoms with van der Waals surface area (Å²) in [6, 6.07) is 6.82. The molecule has 1 heterocycles. The third-order valence-corrected chi connectivity index (χ3v) is 3.03. The van der Waals surface area contributed by atoms with Crippen LogP contribution in [-0.2, 0) is 0 Å². The second kappa shape index (κ2) is 6.81. The molecule has 7 heteroatoms. The van der Waals surface area contributed by atoms with E-state index in [1.165, 1.54) is 18.0 Å². The van der Waals surface area contributed by atoms with Gasteiger partial charge in [0.05, 0.1) is 12.8 Å². The number of carbonyl (C=O) groups is 1. The number of nitrogens with one attached hydrogen (secondary N) is 1. The molecule has 0 atom stereocenters. The number of nitrogens with two attached hydrogens (primary N) is 1. The Bertz CT molecular complexity index is 531. The molecule has 0 aliphatic rings. The predicted molar refractivity (Wildman–Crippen MR) is 70.8 cm³/mol. The zero-order valence-electron chi connectivity index (χ0n) is 10.0. The molecule has 6 nitrogen and oxygen atoms in total. The van der Waals surface area contributed by atoms with E-state index in [2.05, 4.69) is 10.4 Å². The van der Waals surface area contributed by atoms with Crippen LogP contribution < -0.4 is 16.0 Å². The maximum Gasteiger partial charge on any atom is 0.265 e. The number of rotatable bonds is 6. The molecule has 3 N–H and O–H groups in total. The van der Waals surface area contributed by atoms with Crippen molar-refractivity contribution in [1.29, 1.82) is 0 Å². The number of hydrazine groups is 1. The van der Waals surface area contributed by atoms with Gasteiger partial charge in [-0.3, -0.25) is 10.2 Å². The number of nitrogens with zero attached hydrogens (tertiary/aromatic N) is 1. The van der Waals surface area contributed by atoms with Gasteiger partial charge in [0.15, 0.2) is 0 Å². The molecule has 0 unspecified atom stereocenters. The molecule has 1 aromatic heterocycles. The number of hydrogen-bond acceptors (Lipinski definition) is 6. The second-order valence-corrected chi connectivity index (χ2v) is 4.54. The minimum Gasteiger partial charge on any atom is -0.493 e. The van der Waals surface area contributed by atoms with E-state index in [4.69, 9.17) is 15.0 Å². The lowest BCUT2D eigenvalue weighted by atomic mass is 10.2. The van der Waals surface area contributed by atoms with Crippen LogP contribution in [0.25, 0.3) is 0 Å². The topological polar surface area (TPSA) is 90.4 Å². The molecule has 0 aliphatic heterocycles. The van der Waals surface area contributed by atoms with E-state index < -0.39 is 0 Å². The zero-order chi connectivity index (χ0) is 13.5. The van der Waals surface area contributed by atoms with Crippen LogP contribution >= 0.6 is 11.8 Å². The maximum atomic E-state index is 11.3. The van der Waals surface area contributed by atoms with Crippen LogP contribution in [0.1, 0.15) is 10.4 Å². The monoisotopic (exact) mass is 279 g/mol. The van der Waals surface area contributed by atoms with Crippen LogP contribution in [0.15, 0.2) is 46.4 Å². The summed E-state index contributed by atoms with van der Waals surface area (Å²) in [5.74, 6) is 6.04. The first kappa shape index (κ1) is 13.4. The average molecular weight is 279 g/mol. The molecule has 100 valence electrons. The van der Waals surface area contributed by atoms with E-state index in [0.717, 1.165) is 0 Å².